The molecular formula is C31H47FeN6O13. The largest absolute Gasteiger partial charge is 3.00 e. The fourth-order valence-electron chi connectivity index (χ4n) is 4.55. The van der Waals surface area contributed by atoms with Gasteiger partial charge < -0.3 is 61.7 Å². The quantitative estimate of drug-likeness (QED) is 0.0406. The summed E-state index contributed by atoms with van der Waals surface area (Å²) in [6.45, 7) is 3.75. The zero-order valence-electron chi connectivity index (χ0n) is 29.0. The van der Waals surface area contributed by atoms with Crippen molar-refractivity contribution in [2.45, 2.75) is 96.9 Å². The molecule has 1 fully saturated rings. The van der Waals surface area contributed by atoms with E-state index in [2.05, 4.69) is 16.0 Å². The van der Waals surface area contributed by atoms with Crippen molar-refractivity contribution in [2.24, 2.45) is 0 Å². The van der Waals surface area contributed by atoms with Crippen LogP contribution in [-0.2, 0) is 55.4 Å². The van der Waals surface area contributed by atoms with Crippen molar-refractivity contribution in [2.75, 3.05) is 32.8 Å². The Hall–Kier alpha value is -3.91. The van der Waals surface area contributed by atoms with Crippen molar-refractivity contribution in [1.82, 2.24) is 31.1 Å². The molecule has 1 aliphatic rings. The number of hydroxylamine groups is 6. The van der Waals surface area contributed by atoms with Gasteiger partial charge in [-0.15, -0.1) is 0 Å². The third kappa shape index (κ3) is 18.2. The molecule has 1 aliphatic heterocycles. The van der Waals surface area contributed by atoms with Gasteiger partial charge in [0.05, 0.1) is 19.3 Å². The summed E-state index contributed by atoms with van der Waals surface area (Å²) in [6, 6.07) is -2.94. The number of ether oxygens (including phenoxy) is 1. The molecule has 0 bridgehead atoms. The van der Waals surface area contributed by atoms with E-state index in [0.29, 0.717) is 5.57 Å². The number of hydrogen-bond acceptors (Lipinski definition) is 13. The van der Waals surface area contributed by atoms with Crippen LogP contribution >= 0.6 is 0 Å². The van der Waals surface area contributed by atoms with Crippen LogP contribution in [0.25, 0.3) is 0 Å². The van der Waals surface area contributed by atoms with Gasteiger partial charge in [-0.05, 0) is 57.9 Å². The van der Waals surface area contributed by atoms with Crippen LogP contribution in [0, 0.1) is 15.6 Å². The van der Waals surface area contributed by atoms with E-state index in [1.807, 2.05) is 0 Å². The van der Waals surface area contributed by atoms with Gasteiger partial charge in [-0.3, -0.25) is 28.8 Å². The van der Waals surface area contributed by atoms with Crippen LogP contribution in [0.5, 0.6) is 0 Å². The topological polar surface area (TPSA) is 284 Å². The molecule has 0 saturated carbocycles. The molecule has 19 nitrogen and oxygen atoms in total. The molecular weight excluding hydrogens is 720 g/mol. The number of hydrogen-bond donors (Lipinski definition) is 5. The zero-order chi connectivity index (χ0) is 38.0. The predicted molar refractivity (Wildman–Crippen MR) is 176 cm³/mol. The smallest absolute Gasteiger partial charge is 0.756 e. The molecule has 4 unspecified atom stereocenters. The molecule has 5 N–H and O–H groups in total. The number of aliphatic hydroxyl groups excluding tert-OH is 2. The Bertz CT molecular complexity index is 1280. The number of esters is 1. The van der Waals surface area contributed by atoms with E-state index >= 15 is 0 Å². The Kier molecular flexibility index (Phi) is 22.4. The van der Waals surface area contributed by atoms with Crippen LogP contribution in [0.3, 0.4) is 0 Å². The van der Waals surface area contributed by atoms with E-state index in [4.69, 9.17) is 9.84 Å². The van der Waals surface area contributed by atoms with Crippen molar-refractivity contribution in [3.63, 3.8) is 0 Å². The molecule has 0 spiro atoms. The Labute approximate surface area is 306 Å². The van der Waals surface area contributed by atoms with Gasteiger partial charge in [0.25, 0.3) is 0 Å². The van der Waals surface area contributed by atoms with Crippen LogP contribution in [-0.4, -0.2) is 124 Å². The SMILES string of the molecule is CC(=O)NC(CCCN([O-])C(C)=O)C(=O)OCC/C(C)=C\C(=O)N([O-])CCCC1NC(=O)C(CCCN([O-])C(=O)/C=C(/C)C(O)CO)NC1=O.[Fe+3]. The van der Waals surface area contributed by atoms with Crippen molar-refractivity contribution in [1.29, 1.82) is 0 Å². The maximum atomic E-state index is 12.5. The second kappa shape index (κ2) is 24.3. The van der Waals surface area contributed by atoms with Crippen molar-refractivity contribution in [3.05, 3.63) is 38.9 Å². The second-order valence-corrected chi connectivity index (χ2v) is 11.8. The number of carbonyl (C=O) groups is 7. The number of amides is 6. The van der Waals surface area contributed by atoms with Gasteiger partial charge in [0.15, 0.2) is 0 Å². The molecule has 0 aliphatic carbocycles. The first kappa shape index (κ1) is 47.1. The van der Waals surface area contributed by atoms with Gasteiger partial charge in [-0.1, -0.05) is 5.57 Å². The van der Waals surface area contributed by atoms with Crippen LogP contribution in [0.4, 0.5) is 0 Å². The third-order valence-corrected chi connectivity index (χ3v) is 7.49. The predicted octanol–water partition coefficient (Wildman–Crippen LogP) is -1.01. The van der Waals surface area contributed by atoms with Gasteiger partial charge in [0, 0.05) is 52.1 Å². The van der Waals surface area contributed by atoms with Crippen LogP contribution in [0.1, 0.15) is 72.6 Å². The first-order valence-electron chi connectivity index (χ1n) is 16.1. The minimum absolute atomic E-state index is 0. The molecule has 1 radical (unpaired) electrons. The van der Waals surface area contributed by atoms with E-state index in [9.17, 15) is 54.3 Å². The number of aliphatic hydroxyl groups is 2. The Morgan fingerprint density at radius 1 is 0.843 bits per heavy atom. The number of carbonyl (C=O) groups excluding carboxylic acids is 7. The molecule has 20 heteroatoms. The van der Waals surface area contributed by atoms with E-state index in [1.54, 1.807) is 6.92 Å². The summed E-state index contributed by atoms with van der Waals surface area (Å²) in [4.78, 5) is 84.2. The molecule has 1 heterocycles. The van der Waals surface area contributed by atoms with Crippen molar-refractivity contribution >= 4 is 41.4 Å². The number of nitrogens with one attached hydrogen (secondary N) is 3. The molecule has 0 aromatic rings. The summed E-state index contributed by atoms with van der Waals surface area (Å²) in [6.07, 6.45) is 1.28. The summed E-state index contributed by atoms with van der Waals surface area (Å²) in [5.74, 6) is -4.79. The Morgan fingerprint density at radius 2 is 1.33 bits per heavy atom. The average Bonchev–Trinajstić information content (AvgIpc) is 3.04. The molecule has 287 valence electrons. The normalized spacial score (nSPS) is 17.2. The van der Waals surface area contributed by atoms with Gasteiger partial charge >= 0.3 is 23.0 Å². The summed E-state index contributed by atoms with van der Waals surface area (Å²) >= 11 is 0. The zero-order valence-corrected chi connectivity index (χ0v) is 30.1. The molecule has 0 aromatic heterocycles. The summed E-state index contributed by atoms with van der Waals surface area (Å²) in [5.41, 5.74) is 0.534. The Morgan fingerprint density at radius 3 is 1.80 bits per heavy atom. The van der Waals surface area contributed by atoms with Gasteiger partial charge in [0.2, 0.25) is 35.4 Å². The first-order valence-corrected chi connectivity index (χ1v) is 16.1. The fourth-order valence-corrected chi connectivity index (χ4v) is 4.55. The number of rotatable bonds is 21. The third-order valence-electron chi connectivity index (χ3n) is 7.49. The Balaban J connectivity index is 0.0000250. The summed E-state index contributed by atoms with van der Waals surface area (Å²) in [5, 5.41) is 62.1. The van der Waals surface area contributed by atoms with Gasteiger partial charge in [-0.2, -0.15) is 0 Å². The molecule has 1 saturated heterocycles. The second-order valence-electron chi connectivity index (χ2n) is 11.8. The standard InChI is InChI=1S/C31H47N6O13.Fe/c1-19(11-15-50-31(46)25(32-21(3)39)10-7-12-35(47)22(4)40)16-27(42)36(48)13-5-8-23-29(44)34-24(30(45)33-23)9-6-14-37(49)28(43)17-20(2)26(41)18-38;/h16-17,23-26,38,41H,5-15,18H2,1-4H3,(H,32,39)(H,33,45)(H,34,44);/q-3;+3/b19-16-,20-17-;. The number of piperazine rings is 1. The fraction of sp³-hybridized carbons (Fsp3) is 0.645. The van der Waals surface area contributed by atoms with Crippen LogP contribution in [0.2, 0.25) is 0 Å². The summed E-state index contributed by atoms with van der Waals surface area (Å²) < 4.78 is 5.17. The van der Waals surface area contributed by atoms with E-state index in [1.165, 1.54) is 13.8 Å². The maximum Gasteiger partial charge on any atom is 3.00 e. The number of nitrogens with zero attached hydrogens (tertiary/aromatic N) is 3. The summed E-state index contributed by atoms with van der Waals surface area (Å²) in [7, 11) is 0. The van der Waals surface area contributed by atoms with Crippen molar-refractivity contribution < 1.29 is 65.6 Å². The monoisotopic (exact) mass is 767 g/mol. The van der Waals surface area contributed by atoms with Crippen LogP contribution < -0.4 is 16.0 Å². The maximum absolute atomic E-state index is 12.5. The molecule has 1 rings (SSSR count). The van der Waals surface area contributed by atoms with Gasteiger partial charge in [0.1, 0.15) is 18.1 Å². The van der Waals surface area contributed by atoms with E-state index in [-0.39, 0.29) is 109 Å². The van der Waals surface area contributed by atoms with E-state index < -0.39 is 72.2 Å². The van der Waals surface area contributed by atoms with Crippen molar-refractivity contribution in [3.8, 4) is 0 Å². The van der Waals surface area contributed by atoms with E-state index in [0.717, 1.165) is 19.1 Å². The molecule has 6 amide bonds. The minimum atomic E-state index is -1.27. The first-order chi connectivity index (χ1) is 23.5. The molecule has 51 heavy (non-hydrogen) atoms. The molecule has 4 atom stereocenters. The average molecular weight is 768 g/mol. The van der Waals surface area contributed by atoms with Gasteiger partial charge in [-0.25, -0.2) is 4.79 Å². The molecule has 0 aromatic carbocycles. The van der Waals surface area contributed by atoms with Crippen LogP contribution in [0.15, 0.2) is 23.3 Å². The minimum Gasteiger partial charge on any atom is -0.756 e.